The summed E-state index contributed by atoms with van der Waals surface area (Å²) in [5.41, 5.74) is 1.14. The molecule has 2 heterocycles. The largest absolute Gasteiger partial charge is 0.381 e. The molecule has 2 aliphatic rings. The van der Waals surface area contributed by atoms with Crippen LogP contribution in [0.4, 0.5) is 5.69 Å². The number of nitrogens with zero attached hydrogens (tertiary/aromatic N) is 2. The van der Waals surface area contributed by atoms with Gasteiger partial charge in [0, 0.05) is 37.1 Å². The van der Waals surface area contributed by atoms with E-state index in [-0.39, 0.29) is 10.6 Å². The van der Waals surface area contributed by atoms with Gasteiger partial charge < -0.3 is 9.64 Å². The van der Waals surface area contributed by atoms with Gasteiger partial charge in [-0.05, 0) is 24.8 Å². The van der Waals surface area contributed by atoms with E-state index >= 15 is 0 Å². The Balaban J connectivity index is 1.90. The van der Waals surface area contributed by atoms with Crippen LogP contribution in [0, 0.1) is 16.0 Å². The Bertz CT molecular complexity index is 570. The highest BCUT2D eigenvalue weighted by atomic mass is 35.5. The molecule has 0 saturated carbocycles. The molecular formula is C15H17ClN2O3. The number of halogens is 1. The van der Waals surface area contributed by atoms with Gasteiger partial charge in [0.1, 0.15) is 0 Å². The van der Waals surface area contributed by atoms with Crippen molar-refractivity contribution in [2.75, 3.05) is 24.7 Å². The summed E-state index contributed by atoms with van der Waals surface area (Å²) in [6.07, 6.45) is 3.52. The second-order valence-electron chi connectivity index (χ2n) is 5.43. The van der Waals surface area contributed by atoms with Crippen LogP contribution >= 0.6 is 11.6 Å². The Labute approximate surface area is 128 Å². The number of rotatable bonds is 3. The standard InChI is InChI=1S/C15H17ClN2O3/c16-15-14(18(19)20)9-12-3-1-2-4-13(12)17(15)10-11-5-7-21-8-6-11/h1-4,9,11,15H,5-8,10H2. The molecule has 5 nitrogen and oxygen atoms in total. The number of para-hydroxylation sites is 1. The monoisotopic (exact) mass is 308 g/mol. The maximum atomic E-state index is 11.2. The quantitative estimate of drug-likeness (QED) is 0.372. The summed E-state index contributed by atoms with van der Waals surface area (Å²) in [7, 11) is 0. The summed E-state index contributed by atoms with van der Waals surface area (Å²) in [5, 5.41) is 11.2. The first-order valence-corrected chi connectivity index (χ1v) is 7.54. The number of nitro groups is 1. The van der Waals surface area contributed by atoms with Crippen LogP contribution in [-0.4, -0.2) is 30.2 Å². The lowest BCUT2D eigenvalue weighted by Crippen LogP contribution is -2.41. The summed E-state index contributed by atoms with van der Waals surface area (Å²) >= 11 is 6.38. The van der Waals surface area contributed by atoms with Crippen LogP contribution in [0.15, 0.2) is 30.0 Å². The molecule has 0 aliphatic carbocycles. The average molecular weight is 309 g/mol. The maximum Gasteiger partial charge on any atom is 0.284 e. The molecule has 21 heavy (non-hydrogen) atoms. The van der Waals surface area contributed by atoms with Gasteiger partial charge in [-0.25, -0.2) is 0 Å². The molecule has 1 fully saturated rings. The number of hydrogen-bond acceptors (Lipinski definition) is 4. The van der Waals surface area contributed by atoms with Crippen LogP contribution in [0.2, 0.25) is 0 Å². The van der Waals surface area contributed by atoms with Crippen molar-refractivity contribution in [3.63, 3.8) is 0 Å². The number of anilines is 1. The van der Waals surface area contributed by atoms with Gasteiger partial charge in [0.25, 0.3) is 5.70 Å². The van der Waals surface area contributed by atoms with Gasteiger partial charge in [0.2, 0.25) is 0 Å². The predicted octanol–water partition coefficient (Wildman–Crippen LogP) is 3.12. The number of fused-ring (bicyclic) bond motifs is 1. The molecule has 2 aliphatic heterocycles. The van der Waals surface area contributed by atoms with Crippen molar-refractivity contribution in [2.24, 2.45) is 5.92 Å². The van der Waals surface area contributed by atoms with Gasteiger partial charge in [0.15, 0.2) is 5.50 Å². The number of ether oxygens (including phenoxy) is 1. The second-order valence-corrected chi connectivity index (χ2v) is 5.84. The van der Waals surface area contributed by atoms with Gasteiger partial charge in [0.05, 0.1) is 4.92 Å². The highest BCUT2D eigenvalue weighted by molar-refractivity contribution is 6.24. The number of benzene rings is 1. The summed E-state index contributed by atoms with van der Waals surface area (Å²) < 4.78 is 5.37. The van der Waals surface area contributed by atoms with Crippen molar-refractivity contribution >= 4 is 23.4 Å². The minimum atomic E-state index is -0.724. The van der Waals surface area contributed by atoms with E-state index in [1.807, 2.05) is 29.2 Å². The molecule has 0 aromatic heterocycles. The average Bonchev–Trinajstić information content (AvgIpc) is 2.50. The van der Waals surface area contributed by atoms with Crippen molar-refractivity contribution in [1.29, 1.82) is 0 Å². The Morgan fingerprint density at radius 1 is 1.33 bits per heavy atom. The smallest absolute Gasteiger partial charge is 0.284 e. The lowest BCUT2D eigenvalue weighted by Gasteiger charge is -2.36. The minimum Gasteiger partial charge on any atom is -0.381 e. The first-order valence-electron chi connectivity index (χ1n) is 7.10. The fourth-order valence-corrected chi connectivity index (χ4v) is 3.25. The van der Waals surface area contributed by atoms with Crippen LogP contribution in [0.3, 0.4) is 0 Å². The van der Waals surface area contributed by atoms with Gasteiger partial charge in [-0.1, -0.05) is 29.8 Å². The molecule has 6 heteroatoms. The molecule has 0 bridgehead atoms. The third-order valence-electron chi connectivity index (χ3n) is 4.07. The van der Waals surface area contributed by atoms with Gasteiger partial charge >= 0.3 is 0 Å². The van der Waals surface area contributed by atoms with E-state index in [1.54, 1.807) is 6.08 Å². The summed E-state index contributed by atoms with van der Waals surface area (Å²) in [4.78, 5) is 12.8. The van der Waals surface area contributed by atoms with Crippen molar-refractivity contribution < 1.29 is 9.66 Å². The van der Waals surface area contributed by atoms with Crippen molar-refractivity contribution in [2.45, 2.75) is 18.3 Å². The highest BCUT2D eigenvalue weighted by Crippen LogP contribution is 2.35. The predicted molar refractivity (Wildman–Crippen MR) is 81.9 cm³/mol. The normalized spacial score (nSPS) is 22.6. The van der Waals surface area contributed by atoms with Crippen LogP contribution in [0.5, 0.6) is 0 Å². The molecule has 112 valence electrons. The molecule has 0 N–H and O–H groups in total. The van der Waals surface area contributed by atoms with Crippen LogP contribution < -0.4 is 4.90 Å². The van der Waals surface area contributed by atoms with E-state index in [2.05, 4.69) is 0 Å². The van der Waals surface area contributed by atoms with Crippen molar-refractivity contribution in [1.82, 2.24) is 0 Å². The zero-order chi connectivity index (χ0) is 14.8. The molecule has 1 unspecified atom stereocenters. The topological polar surface area (TPSA) is 55.6 Å². The Hall–Kier alpha value is -1.59. The van der Waals surface area contributed by atoms with Crippen molar-refractivity contribution in [3.05, 3.63) is 45.6 Å². The molecule has 1 aromatic carbocycles. The summed E-state index contributed by atoms with van der Waals surface area (Å²) in [5.74, 6) is 0.458. The van der Waals surface area contributed by atoms with Crippen molar-refractivity contribution in [3.8, 4) is 0 Å². The first kappa shape index (κ1) is 14.4. The van der Waals surface area contributed by atoms with Gasteiger partial charge in [-0.2, -0.15) is 0 Å². The summed E-state index contributed by atoms with van der Waals surface area (Å²) in [6.45, 7) is 2.23. The fraction of sp³-hybridized carbons (Fsp3) is 0.467. The van der Waals surface area contributed by atoms with Crippen LogP contribution in [0.1, 0.15) is 18.4 Å². The third-order valence-corrected chi connectivity index (χ3v) is 4.53. The zero-order valence-corrected chi connectivity index (χ0v) is 12.3. The Morgan fingerprint density at radius 2 is 2.05 bits per heavy atom. The van der Waals surface area contributed by atoms with E-state index in [4.69, 9.17) is 16.3 Å². The fourth-order valence-electron chi connectivity index (χ4n) is 2.92. The lowest BCUT2D eigenvalue weighted by atomic mass is 9.97. The Morgan fingerprint density at radius 3 is 2.76 bits per heavy atom. The van der Waals surface area contributed by atoms with E-state index in [0.717, 1.165) is 43.9 Å². The Kier molecular flexibility index (Phi) is 4.12. The van der Waals surface area contributed by atoms with Crippen LogP contribution in [-0.2, 0) is 4.74 Å². The van der Waals surface area contributed by atoms with Gasteiger partial charge in [-0.15, -0.1) is 0 Å². The number of alkyl halides is 1. The molecule has 0 spiro atoms. The lowest BCUT2D eigenvalue weighted by molar-refractivity contribution is -0.425. The number of hydrogen-bond donors (Lipinski definition) is 0. The zero-order valence-electron chi connectivity index (χ0n) is 11.6. The third kappa shape index (κ3) is 2.89. The summed E-state index contributed by atoms with van der Waals surface area (Å²) in [6, 6.07) is 7.67. The molecule has 1 atom stereocenters. The van der Waals surface area contributed by atoms with E-state index < -0.39 is 5.50 Å². The first-order chi connectivity index (χ1) is 10.2. The molecule has 3 rings (SSSR count). The molecular weight excluding hydrogens is 292 g/mol. The highest BCUT2D eigenvalue weighted by Gasteiger charge is 2.35. The second kappa shape index (κ2) is 6.03. The SMILES string of the molecule is O=[N+]([O-])C1=Cc2ccccc2N(CC2CCOCC2)C1Cl. The maximum absolute atomic E-state index is 11.2. The van der Waals surface area contributed by atoms with E-state index in [0.29, 0.717) is 5.92 Å². The molecule has 0 radical (unpaired) electrons. The van der Waals surface area contributed by atoms with Crippen LogP contribution in [0.25, 0.3) is 6.08 Å². The van der Waals surface area contributed by atoms with E-state index in [9.17, 15) is 10.1 Å². The molecule has 1 saturated heterocycles. The van der Waals surface area contributed by atoms with E-state index in [1.165, 1.54) is 0 Å². The van der Waals surface area contributed by atoms with Gasteiger partial charge in [-0.3, -0.25) is 10.1 Å². The molecule has 1 aromatic rings. The minimum absolute atomic E-state index is 0.0439. The molecule has 0 amide bonds.